The molecule has 0 aromatic carbocycles. The largest absolute Gasteiger partial charge is 0.364 e. The second-order valence-corrected chi connectivity index (χ2v) is 4.45. The minimum Gasteiger partial charge on any atom is -0.364 e. The molecule has 0 radical (unpaired) electrons. The number of H-pyrrole nitrogens is 1. The molecule has 2 rings (SSSR count). The van der Waals surface area contributed by atoms with Crippen molar-refractivity contribution in [3.63, 3.8) is 0 Å². The monoisotopic (exact) mass is 235 g/mol. The quantitative estimate of drug-likeness (QED) is 0.726. The van der Waals surface area contributed by atoms with Crippen molar-refractivity contribution in [2.45, 2.75) is 19.9 Å². The standard InChI is InChI=1S/C12H17N3O2/c1-8-5-11(16)10(7-14-8)12(17)15-4-3-13-6-9(15)2/h5,7,9,13H,3-4,6H2,1-2H3,(H,14,16)/t9-/m0/s1. The number of aromatic amines is 1. The van der Waals surface area contributed by atoms with Crippen molar-refractivity contribution < 1.29 is 4.79 Å². The summed E-state index contributed by atoms with van der Waals surface area (Å²) in [4.78, 5) is 28.6. The van der Waals surface area contributed by atoms with Gasteiger partial charge in [-0.1, -0.05) is 0 Å². The van der Waals surface area contributed by atoms with Gasteiger partial charge in [-0.2, -0.15) is 0 Å². The van der Waals surface area contributed by atoms with E-state index in [0.29, 0.717) is 6.54 Å². The lowest BCUT2D eigenvalue weighted by molar-refractivity contribution is 0.0654. The molecule has 0 aliphatic carbocycles. The van der Waals surface area contributed by atoms with Gasteiger partial charge in [0, 0.05) is 43.6 Å². The molecule has 2 N–H and O–H groups in total. The number of nitrogens with one attached hydrogen (secondary N) is 2. The minimum absolute atomic E-state index is 0.122. The normalized spacial score (nSPS) is 20.4. The SMILES string of the molecule is Cc1cc(=O)c(C(=O)N2CCNC[C@@H]2C)c[nH]1. The first-order valence-corrected chi connectivity index (χ1v) is 5.80. The van der Waals surface area contributed by atoms with E-state index in [2.05, 4.69) is 10.3 Å². The van der Waals surface area contributed by atoms with Gasteiger partial charge in [-0.05, 0) is 13.8 Å². The number of aryl methyl sites for hydroxylation is 1. The highest BCUT2D eigenvalue weighted by molar-refractivity contribution is 5.94. The van der Waals surface area contributed by atoms with Crippen LogP contribution in [0, 0.1) is 6.92 Å². The molecule has 1 aliphatic rings. The van der Waals surface area contributed by atoms with Crippen LogP contribution in [0.5, 0.6) is 0 Å². The van der Waals surface area contributed by atoms with Gasteiger partial charge in [0.2, 0.25) is 0 Å². The molecule has 0 saturated carbocycles. The molecule has 0 unspecified atom stereocenters. The summed E-state index contributed by atoms with van der Waals surface area (Å²) in [6.07, 6.45) is 1.51. The summed E-state index contributed by atoms with van der Waals surface area (Å²) in [6.45, 7) is 5.97. The van der Waals surface area contributed by atoms with Gasteiger partial charge in [0.25, 0.3) is 5.91 Å². The van der Waals surface area contributed by atoms with Crippen LogP contribution >= 0.6 is 0 Å². The Morgan fingerprint density at radius 2 is 2.29 bits per heavy atom. The molecule has 17 heavy (non-hydrogen) atoms. The zero-order valence-electron chi connectivity index (χ0n) is 10.1. The van der Waals surface area contributed by atoms with E-state index in [0.717, 1.165) is 18.8 Å². The van der Waals surface area contributed by atoms with Crippen LogP contribution in [0.2, 0.25) is 0 Å². The van der Waals surface area contributed by atoms with Crippen molar-refractivity contribution in [2.24, 2.45) is 0 Å². The average Bonchev–Trinajstić information content (AvgIpc) is 2.29. The third kappa shape index (κ3) is 2.39. The van der Waals surface area contributed by atoms with Crippen molar-refractivity contribution >= 4 is 5.91 Å². The number of piperazine rings is 1. The molecule has 1 aliphatic heterocycles. The summed E-state index contributed by atoms with van der Waals surface area (Å²) < 4.78 is 0. The number of amides is 1. The lowest BCUT2D eigenvalue weighted by atomic mass is 10.1. The molecule has 0 spiro atoms. The number of aromatic nitrogens is 1. The number of carbonyl (C=O) groups is 1. The van der Waals surface area contributed by atoms with Crippen molar-refractivity contribution in [3.8, 4) is 0 Å². The molecule has 92 valence electrons. The van der Waals surface area contributed by atoms with Crippen LogP contribution in [-0.4, -0.2) is 41.5 Å². The van der Waals surface area contributed by atoms with Gasteiger partial charge in [0.05, 0.1) is 0 Å². The number of pyridine rings is 1. The highest BCUT2D eigenvalue weighted by atomic mass is 16.2. The Labute approximate surface area is 99.8 Å². The molecular formula is C12H17N3O2. The summed E-state index contributed by atoms with van der Waals surface area (Å²) in [5.41, 5.74) is 0.779. The van der Waals surface area contributed by atoms with E-state index >= 15 is 0 Å². The Bertz CT molecular complexity index is 481. The summed E-state index contributed by atoms with van der Waals surface area (Å²) in [5.74, 6) is -0.180. The lowest BCUT2D eigenvalue weighted by Crippen LogP contribution is -2.52. The van der Waals surface area contributed by atoms with E-state index in [9.17, 15) is 9.59 Å². The predicted octanol–water partition coefficient (Wildman–Crippen LogP) is 0.117. The van der Waals surface area contributed by atoms with Gasteiger partial charge < -0.3 is 15.2 Å². The Kier molecular flexibility index (Phi) is 3.28. The van der Waals surface area contributed by atoms with E-state index in [1.165, 1.54) is 12.3 Å². The highest BCUT2D eigenvalue weighted by Gasteiger charge is 2.25. The van der Waals surface area contributed by atoms with Crippen LogP contribution in [0.15, 0.2) is 17.1 Å². The second kappa shape index (κ2) is 4.71. The van der Waals surface area contributed by atoms with E-state index in [-0.39, 0.29) is 22.9 Å². The van der Waals surface area contributed by atoms with Crippen LogP contribution in [0.25, 0.3) is 0 Å². The smallest absolute Gasteiger partial charge is 0.259 e. The van der Waals surface area contributed by atoms with Crippen molar-refractivity contribution in [1.29, 1.82) is 0 Å². The molecular weight excluding hydrogens is 218 g/mol. The number of nitrogens with zero attached hydrogens (tertiary/aromatic N) is 1. The van der Waals surface area contributed by atoms with Gasteiger partial charge >= 0.3 is 0 Å². The van der Waals surface area contributed by atoms with Crippen molar-refractivity contribution in [2.75, 3.05) is 19.6 Å². The van der Waals surface area contributed by atoms with E-state index in [1.54, 1.807) is 11.8 Å². The maximum absolute atomic E-state index is 12.2. The zero-order valence-corrected chi connectivity index (χ0v) is 10.1. The number of rotatable bonds is 1. The summed E-state index contributed by atoms with van der Waals surface area (Å²) in [6, 6.07) is 1.58. The van der Waals surface area contributed by atoms with Gasteiger partial charge in [-0.15, -0.1) is 0 Å². The summed E-state index contributed by atoms with van der Waals surface area (Å²) >= 11 is 0. The van der Waals surface area contributed by atoms with E-state index in [1.807, 2.05) is 6.92 Å². The number of hydrogen-bond acceptors (Lipinski definition) is 3. The molecule has 1 aromatic heterocycles. The first-order chi connectivity index (χ1) is 8.09. The van der Waals surface area contributed by atoms with E-state index in [4.69, 9.17) is 0 Å². The topological polar surface area (TPSA) is 65.2 Å². The molecule has 1 fully saturated rings. The second-order valence-electron chi connectivity index (χ2n) is 4.45. The Morgan fingerprint density at radius 1 is 1.53 bits per heavy atom. The van der Waals surface area contributed by atoms with Crippen LogP contribution in [0.4, 0.5) is 0 Å². The molecule has 1 aromatic rings. The Hall–Kier alpha value is -1.62. The molecule has 0 bridgehead atoms. The van der Waals surface area contributed by atoms with Crippen LogP contribution in [0.3, 0.4) is 0 Å². The third-order valence-corrected chi connectivity index (χ3v) is 3.05. The fourth-order valence-corrected chi connectivity index (χ4v) is 2.04. The fourth-order valence-electron chi connectivity index (χ4n) is 2.04. The van der Waals surface area contributed by atoms with Crippen LogP contribution < -0.4 is 10.7 Å². The van der Waals surface area contributed by atoms with Crippen molar-refractivity contribution in [1.82, 2.24) is 15.2 Å². The van der Waals surface area contributed by atoms with E-state index < -0.39 is 0 Å². The van der Waals surface area contributed by atoms with Crippen molar-refractivity contribution in [3.05, 3.63) is 33.7 Å². The first-order valence-electron chi connectivity index (χ1n) is 5.80. The molecule has 2 heterocycles. The van der Waals surface area contributed by atoms with Crippen LogP contribution in [-0.2, 0) is 0 Å². The lowest BCUT2D eigenvalue weighted by Gasteiger charge is -2.33. The fraction of sp³-hybridized carbons (Fsp3) is 0.500. The molecule has 1 saturated heterocycles. The van der Waals surface area contributed by atoms with Gasteiger partial charge in [-0.25, -0.2) is 0 Å². The summed E-state index contributed by atoms with van der Waals surface area (Å²) in [5, 5.41) is 3.21. The zero-order chi connectivity index (χ0) is 12.4. The van der Waals surface area contributed by atoms with Gasteiger partial charge in [0.1, 0.15) is 5.56 Å². The van der Waals surface area contributed by atoms with Gasteiger partial charge in [-0.3, -0.25) is 9.59 Å². The highest BCUT2D eigenvalue weighted by Crippen LogP contribution is 2.07. The Balaban J connectivity index is 2.27. The Morgan fingerprint density at radius 3 is 2.94 bits per heavy atom. The maximum atomic E-state index is 12.2. The van der Waals surface area contributed by atoms with Gasteiger partial charge in [0.15, 0.2) is 5.43 Å². The predicted molar refractivity (Wildman–Crippen MR) is 65.2 cm³/mol. The number of carbonyl (C=O) groups excluding carboxylic acids is 1. The molecule has 1 atom stereocenters. The number of hydrogen-bond donors (Lipinski definition) is 2. The maximum Gasteiger partial charge on any atom is 0.259 e. The molecule has 5 heteroatoms. The molecule has 1 amide bonds. The minimum atomic E-state index is -0.211. The molecule has 5 nitrogen and oxygen atoms in total. The first kappa shape index (κ1) is 11.9. The third-order valence-electron chi connectivity index (χ3n) is 3.05. The van der Waals surface area contributed by atoms with Crippen LogP contribution in [0.1, 0.15) is 23.0 Å². The average molecular weight is 235 g/mol. The summed E-state index contributed by atoms with van der Waals surface area (Å²) in [7, 11) is 0.